The maximum absolute atomic E-state index is 2.33. The average Bonchev–Trinajstić information content (AvgIpc) is 3.08. The zero-order valence-electron chi connectivity index (χ0n) is 24.0. The molecule has 0 nitrogen and oxygen atoms in total. The van der Waals surface area contributed by atoms with Crippen molar-refractivity contribution in [3.8, 4) is 11.1 Å². The van der Waals surface area contributed by atoms with E-state index in [2.05, 4.69) is 182 Å². The molecule has 1 heteroatoms. The van der Waals surface area contributed by atoms with Crippen LogP contribution in [0.15, 0.2) is 164 Å². The summed E-state index contributed by atoms with van der Waals surface area (Å²) in [4.78, 5) is 0. The minimum absolute atomic E-state index is 0.155. The minimum Gasteiger partial charge on any atom is -0.0708 e. The van der Waals surface area contributed by atoms with E-state index in [0.717, 1.165) is 0 Å². The van der Waals surface area contributed by atoms with E-state index in [9.17, 15) is 0 Å². The van der Waals surface area contributed by atoms with Gasteiger partial charge in [-0.05, 0) is 67.8 Å². The van der Waals surface area contributed by atoms with Crippen LogP contribution in [0.4, 0.5) is 0 Å². The molecule has 202 valence electrons. The van der Waals surface area contributed by atoms with Gasteiger partial charge in [0, 0.05) is 0 Å². The minimum atomic E-state index is -0.155. The molecule has 0 saturated carbocycles. The van der Waals surface area contributed by atoms with Crippen LogP contribution in [0.1, 0.15) is 33.4 Å². The third kappa shape index (κ3) is 6.49. The number of hydrogen-bond acceptors (Lipinski definition) is 0. The first kappa shape index (κ1) is 27.2. The summed E-state index contributed by atoms with van der Waals surface area (Å²) in [5.74, 6) is 0. The van der Waals surface area contributed by atoms with Crippen LogP contribution in [-0.2, 0) is 0 Å². The average molecular weight is 555 g/mol. The molecule has 0 aromatic heterocycles. The van der Waals surface area contributed by atoms with Crippen molar-refractivity contribution in [3.05, 3.63) is 197 Å². The monoisotopic (exact) mass is 554 g/mol. The maximum Gasteiger partial charge on any atom is 0.0517 e. The van der Waals surface area contributed by atoms with Gasteiger partial charge >= 0.3 is 0 Å². The normalized spacial score (nSPS) is 11.5. The van der Waals surface area contributed by atoms with Crippen molar-refractivity contribution >= 4 is 38.0 Å². The first-order chi connectivity index (χ1) is 20.8. The van der Waals surface area contributed by atoms with Crippen LogP contribution in [0.25, 0.3) is 34.4 Å². The van der Waals surface area contributed by atoms with Gasteiger partial charge < -0.3 is 0 Å². The summed E-state index contributed by atoms with van der Waals surface area (Å²) in [5, 5.41) is 1.49. The lowest BCUT2D eigenvalue weighted by atomic mass is 9.94. The highest BCUT2D eigenvalue weighted by atomic mass is 28.2. The van der Waals surface area contributed by atoms with Crippen LogP contribution in [0.5, 0.6) is 0 Å². The molecule has 0 radical (unpaired) electrons. The Bertz CT molecular complexity index is 1740. The van der Waals surface area contributed by atoms with Crippen LogP contribution in [0.2, 0.25) is 6.55 Å². The third-order valence-electron chi connectivity index (χ3n) is 7.70. The highest BCUT2D eigenvalue weighted by Gasteiger charge is 2.07. The summed E-state index contributed by atoms with van der Waals surface area (Å²) >= 11 is 0. The molecule has 0 unspecified atom stereocenters. The van der Waals surface area contributed by atoms with Gasteiger partial charge in [0.05, 0.1) is 9.52 Å². The Balaban J connectivity index is 1.27. The van der Waals surface area contributed by atoms with E-state index in [4.69, 9.17) is 0 Å². The van der Waals surface area contributed by atoms with E-state index >= 15 is 0 Å². The zero-order valence-corrected chi connectivity index (χ0v) is 25.4. The fourth-order valence-corrected chi connectivity index (χ4v) is 6.02. The van der Waals surface area contributed by atoms with E-state index < -0.39 is 0 Å². The molecule has 6 rings (SSSR count). The van der Waals surface area contributed by atoms with Gasteiger partial charge in [-0.25, -0.2) is 0 Å². The molecule has 0 aliphatic rings. The van der Waals surface area contributed by atoms with Gasteiger partial charge in [-0.3, -0.25) is 0 Å². The molecule has 42 heavy (non-hydrogen) atoms. The highest BCUT2D eigenvalue weighted by molar-refractivity contribution is 6.51. The lowest BCUT2D eigenvalue weighted by molar-refractivity contribution is 1.54. The Kier molecular flexibility index (Phi) is 8.50. The molecule has 0 N–H and O–H groups in total. The van der Waals surface area contributed by atoms with Crippen molar-refractivity contribution in [2.75, 3.05) is 0 Å². The third-order valence-corrected chi connectivity index (χ3v) is 8.99. The van der Waals surface area contributed by atoms with Gasteiger partial charge in [0.2, 0.25) is 0 Å². The molecular weight excluding hydrogens is 521 g/mol. The lowest BCUT2D eigenvalue weighted by Crippen LogP contribution is -2.09. The van der Waals surface area contributed by atoms with Crippen molar-refractivity contribution < 1.29 is 0 Å². The van der Waals surface area contributed by atoms with Crippen molar-refractivity contribution in [1.29, 1.82) is 0 Å². The first-order valence-corrected chi connectivity index (χ1v) is 16.8. The van der Waals surface area contributed by atoms with Crippen LogP contribution in [-0.4, -0.2) is 9.52 Å². The number of rotatable bonds is 8. The van der Waals surface area contributed by atoms with Gasteiger partial charge in [0.1, 0.15) is 0 Å². The smallest absolute Gasteiger partial charge is 0.0517 e. The maximum atomic E-state index is 2.33. The highest BCUT2D eigenvalue weighted by Crippen LogP contribution is 2.29. The second kappa shape index (κ2) is 13.1. The fraction of sp³-hybridized carbons (Fsp3) is 0.0244. The van der Waals surface area contributed by atoms with E-state index in [0.29, 0.717) is 0 Å². The molecule has 0 heterocycles. The Hall–Kier alpha value is -4.98. The van der Waals surface area contributed by atoms with E-state index in [1.165, 1.54) is 60.8 Å². The molecule has 0 amide bonds. The molecule has 0 fully saturated rings. The van der Waals surface area contributed by atoms with Gasteiger partial charge in [0.25, 0.3) is 0 Å². The largest absolute Gasteiger partial charge is 0.0708 e. The fourth-order valence-electron chi connectivity index (χ4n) is 5.32. The van der Waals surface area contributed by atoms with E-state index in [1.807, 2.05) is 0 Å². The Morgan fingerprint density at radius 2 is 0.714 bits per heavy atom. The molecule has 0 saturated heterocycles. The SMILES string of the molecule is C[SiH2]c1ccc(C(=Cc2ccc(-c3ccc(C=C(c4ccccc4)c4ccccc4)cc3)cc2)c2ccccc2)cc1. The molecule has 6 aromatic rings. The van der Waals surface area contributed by atoms with E-state index in [1.54, 1.807) is 0 Å². The standard InChI is InChI=1S/C41H34Si/c1-42-39-27-25-38(26-28-39)41(37-15-9-4-10-16-37)30-32-19-23-34(24-20-32)33-21-17-31(18-22-33)29-40(35-11-5-2-6-12-35)36-13-7-3-8-14-36/h2-30H,42H2,1H3. The molecule has 0 aliphatic carbocycles. The van der Waals surface area contributed by atoms with Gasteiger partial charge in [-0.1, -0.05) is 176 Å². The predicted molar refractivity (Wildman–Crippen MR) is 186 cm³/mol. The summed E-state index contributed by atoms with van der Waals surface area (Å²) < 4.78 is 0. The molecule has 0 spiro atoms. The van der Waals surface area contributed by atoms with Crippen molar-refractivity contribution in [1.82, 2.24) is 0 Å². The van der Waals surface area contributed by atoms with Crippen LogP contribution in [0, 0.1) is 0 Å². The molecule has 0 atom stereocenters. The second-order valence-corrected chi connectivity index (χ2v) is 12.0. The Labute approximate surface area is 252 Å². The molecule has 0 aliphatic heterocycles. The van der Waals surface area contributed by atoms with Gasteiger partial charge in [-0.2, -0.15) is 0 Å². The summed E-state index contributed by atoms with van der Waals surface area (Å²) in [6.45, 7) is 2.33. The summed E-state index contributed by atoms with van der Waals surface area (Å²) in [5.41, 5.74) is 12.2. The number of hydrogen-bond donors (Lipinski definition) is 0. The quantitative estimate of drug-likeness (QED) is 0.130. The molecular formula is C41H34Si. The zero-order chi connectivity index (χ0) is 28.6. The Morgan fingerprint density at radius 1 is 0.381 bits per heavy atom. The van der Waals surface area contributed by atoms with Crippen LogP contribution >= 0.6 is 0 Å². The van der Waals surface area contributed by atoms with Crippen molar-refractivity contribution in [3.63, 3.8) is 0 Å². The Morgan fingerprint density at radius 3 is 1.05 bits per heavy atom. The lowest BCUT2D eigenvalue weighted by Gasteiger charge is -2.11. The number of benzene rings is 6. The van der Waals surface area contributed by atoms with Gasteiger partial charge in [0.15, 0.2) is 0 Å². The summed E-state index contributed by atoms with van der Waals surface area (Å²) in [6.07, 6.45) is 4.59. The van der Waals surface area contributed by atoms with Crippen LogP contribution < -0.4 is 5.19 Å². The van der Waals surface area contributed by atoms with Crippen molar-refractivity contribution in [2.45, 2.75) is 6.55 Å². The first-order valence-electron chi connectivity index (χ1n) is 14.7. The second-order valence-electron chi connectivity index (χ2n) is 10.5. The summed E-state index contributed by atoms with van der Waals surface area (Å²) in [6, 6.07) is 58.8. The van der Waals surface area contributed by atoms with Crippen LogP contribution in [0.3, 0.4) is 0 Å². The van der Waals surface area contributed by atoms with Crippen molar-refractivity contribution in [2.24, 2.45) is 0 Å². The summed E-state index contributed by atoms with van der Waals surface area (Å²) in [7, 11) is -0.155. The topological polar surface area (TPSA) is 0 Å². The molecule has 0 bridgehead atoms. The van der Waals surface area contributed by atoms with Gasteiger partial charge in [-0.15, -0.1) is 0 Å². The molecule has 6 aromatic carbocycles. The van der Waals surface area contributed by atoms with E-state index in [-0.39, 0.29) is 9.52 Å². The predicted octanol–water partition coefficient (Wildman–Crippen LogP) is 9.37.